The summed E-state index contributed by atoms with van der Waals surface area (Å²) in [7, 11) is 2.98. The van der Waals surface area contributed by atoms with Gasteiger partial charge in [0.1, 0.15) is 35.9 Å². The quantitative estimate of drug-likeness (QED) is 0.179. The Bertz CT molecular complexity index is 1720. The van der Waals surface area contributed by atoms with Crippen molar-refractivity contribution in [1.29, 1.82) is 0 Å². The van der Waals surface area contributed by atoms with Crippen LogP contribution in [0.3, 0.4) is 0 Å². The first-order chi connectivity index (χ1) is 22.0. The van der Waals surface area contributed by atoms with Crippen LogP contribution in [-0.2, 0) is 13.1 Å². The van der Waals surface area contributed by atoms with Crippen LogP contribution in [0.15, 0.2) is 78.9 Å². The Hall–Kier alpha value is -4.52. The fraction of sp³-hybridized carbons (Fsp3) is 0.314. The van der Waals surface area contributed by atoms with Crippen molar-refractivity contribution in [3.05, 3.63) is 107 Å². The molecule has 242 valence electrons. The number of aliphatic hydroxyl groups is 5. The first kappa shape index (κ1) is 32.9. The number of carbonyl (C=O) groups is 2. The second kappa shape index (κ2) is 13.9. The number of amides is 2. The van der Waals surface area contributed by atoms with Crippen molar-refractivity contribution in [2.24, 2.45) is 0 Å². The number of benzene rings is 3. The predicted octanol–water partition coefficient (Wildman–Crippen LogP) is 2.19. The minimum Gasteiger partial charge on any atom is -0.496 e. The summed E-state index contributed by atoms with van der Waals surface area (Å²) in [6.07, 6.45) is -6.84. The number of ether oxygens (including phenoxy) is 1. The maximum Gasteiger partial charge on any atom is 0.270 e. The van der Waals surface area contributed by atoms with Gasteiger partial charge in [0.15, 0.2) is 0 Å². The molecule has 46 heavy (non-hydrogen) atoms. The minimum atomic E-state index is -1.80. The Labute approximate surface area is 267 Å². The summed E-state index contributed by atoms with van der Waals surface area (Å²) in [5, 5.41) is 49.3. The normalized spacial score (nSPS) is 15.2. The summed E-state index contributed by atoms with van der Waals surface area (Å²) in [4.78, 5) is 30.7. The van der Waals surface area contributed by atoms with E-state index in [9.17, 15) is 30.0 Å². The number of fused-ring (bicyclic) bond motifs is 2. The van der Waals surface area contributed by atoms with Gasteiger partial charge in [-0.2, -0.15) is 0 Å². The van der Waals surface area contributed by atoms with E-state index in [2.05, 4.69) is 0 Å². The Morgan fingerprint density at radius 3 is 2.30 bits per heavy atom. The van der Waals surface area contributed by atoms with E-state index in [1.54, 1.807) is 23.1 Å². The fourth-order valence-electron chi connectivity index (χ4n) is 5.84. The zero-order chi connectivity index (χ0) is 33.1. The molecule has 0 saturated heterocycles. The van der Waals surface area contributed by atoms with Gasteiger partial charge in [-0.3, -0.25) is 9.59 Å². The SMILES string of the molecule is COc1cc(-c2ccccc2C)ccc1C(=O)N1Cc2ccc(C(=O)N(C)C[C@H](O)[C@@H](O)[C@H](O)[C@H](O)CO)n2Cc2ccccc21. The molecular formula is C35H39N3O8. The average molecular weight is 630 g/mol. The highest BCUT2D eigenvalue weighted by Crippen LogP contribution is 2.34. The molecule has 0 unspecified atom stereocenters. The maximum atomic E-state index is 14.2. The molecule has 2 heterocycles. The van der Waals surface area contributed by atoms with Crippen LogP contribution in [0.2, 0.25) is 0 Å². The van der Waals surface area contributed by atoms with Crippen LogP contribution >= 0.6 is 0 Å². The first-order valence-electron chi connectivity index (χ1n) is 15.0. The number of rotatable bonds is 10. The lowest BCUT2D eigenvalue weighted by atomic mass is 9.98. The monoisotopic (exact) mass is 629 g/mol. The smallest absolute Gasteiger partial charge is 0.270 e. The molecule has 0 aliphatic carbocycles. The summed E-state index contributed by atoms with van der Waals surface area (Å²) in [6.45, 7) is 1.34. The molecule has 1 aliphatic heterocycles. The van der Waals surface area contributed by atoms with E-state index in [1.165, 1.54) is 19.1 Å². The standard InChI is InChI=1S/C35H39N3O8/c1-21-8-4-6-10-25(21)22-12-14-26(31(16-22)46-3)34(44)38-18-24-13-15-28(37(24)17-23-9-5-7-11-27(23)38)35(45)36(2)19-29(40)32(42)33(43)30(41)20-39/h4-16,29-30,32-33,39-43H,17-20H2,1-3H3/t29-,30+,32+,33+/m0/s1. The van der Waals surface area contributed by atoms with Crippen LogP contribution in [0, 0.1) is 6.92 Å². The Balaban J connectivity index is 1.43. The molecule has 4 atom stereocenters. The molecule has 0 spiro atoms. The number of aryl methyl sites for hydroxylation is 1. The number of carbonyl (C=O) groups excluding carboxylic acids is 2. The Kier molecular flexibility index (Phi) is 9.90. The van der Waals surface area contributed by atoms with Gasteiger partial charge in [0, 0.05) is 25.0 Å². The number of nitrogens with zero attached hydrogens (tertiary/aromatic N) is 3. The largest absolute Gasteiger partial charge is 0.496 e. The molecule has 11 nitrogen and oxygen atoms in total. The Morgan fingerprint density at radius 1 is 0.891 bits per heavy atom. The van der Waals surface area contributed by atoms with E-state index in [1.807, 2.05) is 72.2 Å². The lowest BCUT2D eigenvalue weighted by Gasteiger charge is -2.28. The zero-order valence-electron chi connectivity index (χ0n) is 25.9. The number of aliphatic hydroxyl groups excluding tert-OH is 5. The number of hydrogen-bond donors (Lipinski definition) is 5. The van der Waals surface area contributed by atoms with Crippen molar-refractivity contribution in [1.82, 2.24) is 9.47 Å². The summed E-state index contributed by atoms with van der Waals surface area (Å²) in [5.41, 5.74) is 6.00. The molecule has 1 aliphatic rings. The summed E-state index contributed by atoms with van der Waals surface area (Å²) in [5.74, 6) is -0.279. The highest BCUT2D eigenvalue weighted by molar-refractivity contribution is 6.08. The molecule has 11 heteroatoms. The van der Waals surface area contributed by atoms with Gasteiger partial charge >= 0.3 is 0 Å². The lowest BCUT2D eigenvalue weighted by molar-refractivity contribution is -0.117. The first-order valence-corrected chi connectivity index (χ1v) is 15.0. The van der Waals surface area contributed by atoms with E-state index >= 15 is 0 Å². The number of hydrogen-bond acceptors (Lipinski definition) is 8. The second-order valence-corrected chi connectivity index (χ2v) is 11.5. The molecule has 5 rings (SSSR count). The van der Waals surface area contributed by atoms with Crippen molar-refractivity contribution in [2.45, 2.75) is 44.4 Å². The molecule has 0 saturated carbocycles. The van der Waals surface area contributed by atoms with E-state index < -0.39 is 36.9 Å². The maximum absolute atomic E-state index is 14.2. The number of anilines is 1. The molecule has 1 aromatic heterocycles. The molecule has 5 N–H and O–H groups in total. The molecular weight excluding hydrogens is 590 g/mol. The van der Waals surface area contributed by atoms with E-state index in [-0.39, 0.29) is 19.0 Å². The van der Waals surface area contributed by atoms with Gasteiger partial charge in [0.2, 0.25) is 0 Å². The highest BCUT2D eigenvalue weighted by atomic mass is 16.5. The molecule has 2 amide bonds. The highest BCUT2D eigenvalue weighted by Gasteiger charge is 2.33. The fourth-order valence-corrected chi connectivity index (χ4v) is 5.84. The zero-order valence-corrected chi connectivity index (χ0v) is 25.9. The van der Waals surface area contributed by atoms with Crippen molar-refractivity contribution >= 4 is 17.5 Å². The summed E-state index contributed by atoms with van der Waals surface area (Å²) < 4.78 is 7.53. The minimum absolute atomic E-state index is 0.169. The summed E-state index contributed by atoms with van der Waals surface area (Å²) >= 11 is 0. The van der Waals surface area contributed by atoms with Crippen molar-refractivity contribution in [2.75, 3.05) is 32.2 Å². The van der Waals surface area contributed by atoms with E-state index in [4.69, 9.17) is 9.84 Å². The average Bonchev–Trinajstić information content (AvgIpc) is 3.38. The third-order valence-corrected chi connectivity index (χ3v) is 8.49. The Morgan fingerprint density at radius 2 is 1.59 bits per heavy atom. The van der Waals surface area contributed by atoms with Crippen LogP contribution < -0.4 is 9.64 Å². The molecule has 0 radical (unpaired) electrons. The van der Waals surface area contributed by atoms with Gasteiger partial charge < -0.3 is 44.6 Å². The van der Waals surface area contributed by atoms with Crippen molar-refractivity contribution < 1.29 is 39.9 Å². The third kappa shape index (κ3) is 6.41. The van der Waals surface area contributed by atoms with Gasteiger partial charge in [-0.1, -0.05) is 48.5 Å². The predicted molar refractivity (Wildman–Crippen MR) is 172 cm³/mol. The van der Waals surface area contributed by atoms with E-state index in [0.717, 1.165) is 22.3 Å². The number of aromatic nitrogens is 1. The van der Waals surface area contributed by atoms with Crippen molar-refractivity contribution in [3.63, 3.8) is 0 Å². The second-order valence-electron chi connectivity index (χ2n) is 11.5. The lowest BCUT2D eigenvalue weighted by Crippen LogP contribution is -2.50. The van der Waals surface area contributed by atoms with Gasteiger partial charge in [0.25, 0.3) is 11.8 Å². The number of para-hydroxylation sites is 1. The van der Waals surface area contributed by atoms with E-state index in [0.29, 0.717) is 34.9 Å². The van der Waals surface area contributed by atoms with Crippen LogP contribution in [0.1, 0.15) is 37.7 Å². The van der Waals surface area contributed by atoms with Crippen LogP contribution in [-0.4, -0.2) is 98.5 Å². The van der Waals surface area contributed by atoms with Crippen molar-refractivity contribution in [3.8, 4) is 16.9 Å². The third-order valence-electron chi connectivity index (χ3n) is 8.49. The van der Waals surface area contributed by atoms with Gasteiger partial charge in [0.05, 0.1) is 32.4 Å². The van der Waals surface area contributed by atoms with Gasteiger partial charge in [-0.25, -0.2) is 0 Å². The van der Waals surface area contributed by atoms with Crippen LogP contribution in [0.5, 0.6) is 5.75 Å². The molecule has 0 bridgehead atoms. The van der Waals surface area contributed by atoms with Gasteiger partial charge in [-0.15, -0.1) is 0 Å². The topological polar surface area (TPSA) is 156 Å². The number of methoxy groups -OCH3 is 1. The molecule has 0 fully saturated rings. The van der Waals surface area contributed by atoms with Crippen LogP contribution in [0.25, 0.3) is 11.1 Å². The molecule has 4 aromatic rings. The number of likely N-dealkylation sites (N-methyl/N-ethyl adjacent to an activating group) is 1. The van der Waals surface area contributed by atoms with Gasteiger partial charge in [-0.05, 0) is 59.5 Å². The molecule has 3 aromatic carbocycles. The summed E-state index contributed by atoms with van der Waals surface area (Å²) in [6, 6.07) is 24.5. The van der Waals surface area contributed by atoms with Crippen LogP contribution in [0.4, 0.5) is 5.69 Å².